The molecule has 4 rings (SSSR count). The van der Waals surface area contributed by atoms with Gasteiger partial charge in [0.1, 0.15) is 5.69 Å². The largest absolute Gasteiger partial charge is 0.376 e. The zero-order chi connectivity index (χ0) is 24.1. The second-order valence-electron chi connectivity index (χ2n) is 9.00. The smallest absolute Gasteiger partial charge is 0.293 e. The zero-order valence-electron chi connectivity index (χ0n) is 19.3. The van der Waals surface area contributed by atoms with Crippen molar-refractivity contribution >= 4 is 28.9 Å². The van der Waals surface area contributed by atoms with Crippen LogP contribution < -0.4 is 15.5 Å². The van der Waals surface area contributed by atoms with Gasteiger partial charge in [-0.1, -0.05) is 19.1 Å². The van der Waals surface area contributed by atoms with E-state index in [4.69, 9.17) is 4.74 Å². The van der Waals surface area contributed by atoms with E-state index in [0.717, 1.165) is 38.8 Å². The first-order chi connectivity index (χ1) is 16.4. The third-order valence-electron chi connectivity index (χ3n) is 6.37. The molecule has 2 atom stereocenters. The quantitative estimate of drug-likeness (QED) is 0.471. The maximum absolute atomic E-state index is 13.0. The number of hydrogen-bond acceptors (Lipinski definition) is 6. The van der Waals surface area contributed by atoms with E-state index in [1.165, 1.54) is 6.07 Å². The number of carbonyl (C=O) groups is 2. The lowest BCUT2D eigenvalue weighted by molar-refractivity contribution is -0.384. The van der Waals surface area contributed by atoms with Gasteiger partial charge in [-0.2, -0.15) is 0 Å². The summed E-state index contributed by atoms with van der Waals surface area (Å²) in [4.78, 5) is 39.0. The van der Waals surface area contributed by atoms with E-state index in [1.807, 2.05) is 4.90 Å². The fourth-order valence-corrected chi connectivity index (χ4v) is 4.58. The van der Waals surface area contributed by atoms with Crippen LogP contribution in [0.2, 0.25) is 0 Å². The average molecular weight is 467 g/mol. The molecule has 2 saturated heterocycles. The van der Waals surface area contributed by atoms with Gasteiger partial charge >= 0.3 is 0 Å². The maximum atomic E-state index is 13.0. The summed E-state index contributed by atoms with van der Waals surface area (Å²) in [6.45, 7) is 4.75. The first kappa shape index (κ1) is 23.7. The van der Waals surface area contributed by atoms with Crippen LogP contribution in [0, 0.1) is 16.0 Å². The van der Waals surface area contributed by atoms with Crippen molar-refractivity contribution in [3.05, 3.63) is 63.7 Å². The van der Waals surface area contributed by atoms with E-state index in [0.29, 0.717) is 36.0 Å². The fraction of sp³-hybridized carbons (Fsp3) is 0.440. The summed E-state index contributed by atoms with van der Waals surface area (Å²) >= 11 is 0. The van der Waals surface area contributed by atoms with Gasteiger partial charge in [0.15, 0.2) is 0 Å². The molecule has 2 unspecified atom stereocenters. The molecule has 0 aromatic heterocycles. The van der Waals surface area contributed by atoms with E-state index in [2.05, 4.69) is 17.6 Å². The Balaban J connectivity index is 1.50. The molecule has 0 saturated carbocycles. The molecule has 0 spiro atoms. The first-order valence-electron chi connectivity index (χ1n) is 11.8. The molecule has 2 heterocycles. The molecule has 180 valence electrons. The first-order valence-corrected chi connectivity index (χ1v) is 11.8. The summed E-state index contributed by atoms with van der Waals surface area (Å²) in [5.41, 5.74) is 1.26. The van der Waals surface area contributed by atoms with Crippen LogP contribution in [0.5, 0.6) is 0 Å². The Bertz CT molecular complexity index is 1070. The van der Waals surface area contributed by atoms with Crippen molar-refractivity contribution in [2.24, 2.45) is 5.92 Å². The fourth-order valence-electron chi connectivity index (χ4n) is 4.58. The predicted octanol–water partition coefficient (Wildman–Crippen LogP) is 3.99. The van der Waals surface area contributed by atoms with Crippen molar-refractivity contribution in [1.29, 1.82) is 0 Å². The maximum Gasteiger partial charge on any atom is 0.293 e. The topological polar surface area (TPSA) is 114 Å². The number of amides is 2. The van der Waals surface area contributed by atoms with Crippen molar-refractivity contribution in [2.75, 3.05) is 36.5 Å². The Kier molecular flexibility index (Phi) is 7.42. The number of carbonyl (C=O) groups excluding carboxylic acids is 2. The Hall–Kier alpha value is -3.46. The van der Waals surface area contributed by atoms with E-state index < -0.39 is 10.8 Å². The van der Waals surface area contributed by atoms with Crippen LogP contribution in [0.3, 0.4) is 0 Å². The minimum atomic E-state index is -0.513. The van der Waals surface area contributed by atoms with Crippen molar-refractivity contribution in [2.45, 2.75) is 38.7 Å². The Morgan fingerprint density at radius 3 is 2.71 bits per heavy atom. The summed E-state index contributed by atoms with van der Waals surface area (Å²) in [7, 11) is 0. The number of nitro benzene ring substituents is 1. The van der Waals surface area contributed by atoms with Gasteiger partial charge in [0.2, 0.25) is 0 Å². The summed E-state index contributed by atoms with van der Waals surface area (Å²) in [5, 5.41) is 17.4. The number of ether oxygens (including phenoxy) is 1. The van der Waals surface area contributed by atoms with Gasteiger partial charge in [-0.05, 0) is 55.9 Å². The molecule has 2 aromatic carbocycles. The lowest BCUT2D eigenvalue weighted by atomic mass is 9.99. The van der Waals surface area contributed by atoms with Gasteiger partial charge in [-0.25, -0.2) is 0 Å². The van der Waals surface area contributed by atoms with Crippen LogP contribution in [0.4, 0.5) is 17.1 Å². The number of nitro groups is 1. The van der Waals surface area contributed by atoms with E-state index in [9.17, 15) is 19.7 Å². The van der Waals surface area contributed by atoms with E-state index in [1.54, 1.807) is 36.4 Å². The van der Waals surface area contributed by atoms with Gasteiger partial charge in [0.05, 0.1) is 22.3 Å². The third kappa shape index (κ3) is 5.53. The van der Waals surface area contributed by atoms with Crippen LogP contribution in [0.25, 0.3) is 0 Å². The van der Waals surface area contributed by atoms with Crippen LogP contribution in [0.1, 0.15) is 53.3 Å². The summed E-state index contributed by atoms with van der Waals surface area (Å²) in [6.07, 6.45) is 3.98. The molecular weight excluding hydrogens is 436 g/mol. The molecule has 9 nitrogen and oxygen atoms in total. The molecule has 2 aromatic rings. The lowest BCUT2D eigenvalue weighted by Crippen LogP contribution is -2.34. The average Bonchev–Trinajstić information content (AvgIpc) is 3.36. The highest BCUT2D eigenvalue weighted by atomic mass is 16.6. The number of nitrogens with one attached hydrogen (secondary N) is 2. The predicted molar refractivity (Wildman–Crippen MR) is 129 cm³/mol. The van der Waals surface area contributed by atoms with Gasteiger partial charge < -0.3 is 20.3 Å². The highest BCUT2D eigenvalue weighted by Crippen LogP contribution is 2.32. The van der Waals surface area contributed by atoms with Gasteiger partial charge in [0.25, 0.3) is 17.5 Å². The molecule has 2 aliphatic rings. The molecule has 0 aliphatic carbocycles. The minimum absolute atomic E-state index is 0.00709. The van der Waals surface area contributed by atoms with E-state index >= 15 is 0 Å². The molecular formula is C25H30N4O5. The zero-order valence-corrected chi connectivity index (χ0v) is 19.3. The Labute approximate surface area is 198 Å². The highest BCUT2D eigenvalue weighted by molar-refractivity contribution is 6.09. The number of hydrogen-bond donors (Lipinski definition) is 2. The monoisotopic (exact) mass is 466 g/mol. The second kappa shape index (κ2) is 10.6. The SMILES string of the molecule is CC1CCCN(c2ccc(C(=O)Nc3ccccc3C(=O)NCC3CCCO3)cc2[N+](=O)[O-])C1. The molecule has 34 heavy (non-hydrogen) atoms. The third-order valence-corrected chi connectivity index (χ3v) is 6.37. The minimum Gasteiger partial charge on any atom is -0.376 e. The Morgan fingerprint density at radius 1 is 1.15 bits per heavy atom. The normalized spacial score (nSPS) is 20.1. The number of nitrogens with zero attached hydrogens (tertiary/aromatic N) is 2. The van der Waals surface area contributed by atoms with Crippen LogP contribution in [-0.2, 0) is 4.74 Å². The molecule has 2 aliphatic heterocycles. The molecule has 2 fully saturated rings. The van der Waals surface area contributed by atoms with Gasteiger partial charge in [0, 0.05) is 37.9 Å². The molecule has 0 radical (unpaired) electrons. The van der Waals surface area contributed by atoms with E-state index in [-0.39, 0.29) is 23.3 Å². The van der Waals surface area contributed by atoms with Crippen molar-refractivity contribution < 1.29 is 19.2 Å². The molecule has 2 amide bonds. The molecule has 0 bridgehead atoms. The van der Waals surface area contributed by atoms with Crippen molar-refractivity contribution in [3.63, 3.8) is 0 Å². The summed E-state index contributed by atoms with van der Waals surface area (Å²) < 4.78 is 5.54. The number of benzene rings is 2. The summed E-state index contributed by atoms with van der Waals surface area (Å²) in [6, 6.07) is 11.2. The number of rotatable bonds is 7. The highest BCUT2D eigenvalue weighted by Gasteiger charge is 2.26. The van der Waals surface area contributed by atoms with Crippen LogP contribution in [-0.4, -0.2) is 49.1 Å². The standard InChI is InChI=1S/C25H30N4O5/c1-17-6-4-12-28(16-17)22-11-10-18(14-23(22)29(32)33)24(30)27-21-9-3-2-8-20(21)25(31)26-15-19-7-5-13-34-19/h2-3,8-11,14,17,19H,4-7,12-13,15-16H2,1H3,(H,26,31)(H,27,30). The Morgan fingerprint density at radius 2 is 1.97 bits per heavy atom. The number of anilines is 2. The lowest BCUT2D eigenvalue weighted by Gasteiger charge is -2.32. The molecule has 9 heteroatoms. The van der Waals surface area contributed by atoms with Crippen LogP contribution >= 0.6 is 0 Å². The van der Waals surface area contributed by atoms with Gasteiger partial charge in [-0.15, -0.1) is 0 Å². The van der Waals surface area contributed by atoms with Gasteiger partial charge in [-0.3, -0.25) is 19.7 Å². The second-order valence-corrected chi connectivity index (χ2v) is 9.00. The summed E-state index contributed by atoms with van der Waals surface area (Å²) in [5.74, 6) is -0.368. The number of piperidine rings is 1. The van der Waals surface area contributed by atoms with Crippen molar-refractivity contribution in [1.82, 2.24) is 5.32 Å². The van der Waals surface area contributed by atoms with Crippen molar-refractivity contribution in [3.8, 4) is 0 Å². The molecule has 2 N–H and O–H groups in total. The van der Waals surface area contributed by atoms with Crippen LogP contribution in [0.15, 0.2) is 42.5 Å². The number of para-hydroxylation sites is 1.